The van der Waals surface area contributed by atoms with Gasteiger partial charge in [0.2, 0.25) is 5.91 Å². The second-order valence-corrected chi connectivity index (χ2v) is 15.7. The molecule has 4 N–H and O–H groups in total. The first-order valence-electron chi connectivity index (χ1n) is 15.0. The summed E-state index contributed by atoms with van der Waals surface area (Å²) in [6.07, 6.45) is 10.6. The van der Waals surface area contributed by atoms with Crippen molar-refractivity contribution in [2.24, 2.45) is 56.0 Å². The zero-order chi connectivity index (χ0) is 27.2. The van der Waals surface area contributed by atoms with E-state index in [1.54, 1.807) is 0 Å². The maximum Gasteiger partial charge on any atom is 0.226 e. The summed E-state index contributed by atoms with van der Waals surface area (Å²) in [5.74, 6) is 1.04. The Balaban J connectivity index is 1.56. The summed E-state index contributed by atoms with van der Waals surface area (Å²) in [4.78, 5) is 27.6. The molecule has 5 aliphatic carbocycles. The Hall–Kier alpha value is -1.20. The standard InChI is InChI=1S/C32H52N2O3/c1-27(2)23-8-11-32(7)25(30(23,5)10-9-24(27)36)22(35)18-20-21-19-29(4,26(37)34-17-16-33)13-12-28(21,3)14-15-31(20,32)6/h18,21,23-25,36H,8-17,19,33H2,1-7H3,(H,34,37)/t21-,23?,24+,25-,28-,29+,30+,31-,32-/m1/s1. The predicted octanol–water partition coefficient (Wildman–Crippen LogP) is 5.40. The Morgan fingerprint density at radius 1 is 1.00 bits per heavy atom. The molecule has 4 fully saturated rings. The third-order valence-electron chi connectivity index (χ3n) is 13.5. The number of rotatable bonds is 3. The smallest absolute Gasteiger partial charge is 0.226 e. The van der Waals surface area contributed by atoms with Crippen molar-refractivity contribution in [3.8, 4) is 0 Å². The number of nitrogens with two attached hydrogens (primary N) is 1. The average molecular weight is 513 g/mol. The average Bonchev–Trinajstić information content (AvgIpc) is 2.82. The van der Waals surface area contributed by atoms with Gasteiger partial charge in [-0.3, -0.25) is 9.59 Å². The molecular formula is C32H52N2O3. The first-order chi connectivity index (χ1) is 17.1. The molecule has 5 rings (SSSR count). The molecule has 0 heterocycles. The molecule has 208 valence electrons. The van der Waals surface area contributed by atoms with Gasteiger partial charge in [0.1, 0.15) is 0 Å². The van der Waals surface area contributed by atoms with Crippen LogP contribution in [0.5, 0.6) is 0 Å². The van der Waals surface area contributed by atoms with Crippen molar-refractivity contribution in [3.63, 3.8) is 0 Å². The monoisotopic (exact) mass is 512 g/mol. The molecule has 0 radical (unpaired) electrons. The molecular weight excluding hydrogens is 460 g/mol. The number of nitrogens with one attached hydrogen (secondary N) is 1. The van der Waals surface area contributed by atoms with Crippen LogP contribution in [-0.4, -0.2) is 36.0 Å². The molecule has 0 aromatic heterocycles. The Kier molecular flexibility index (Phi) is 6.21. The van der Waals surface area contributed by atoms with Crippen molar-refractivity contribution in [1.29, 1.82) is 0 Å². The van der Waals surface area contributed by atoms with Crippen LogP contribution in [0.3, 0.4) is 0 Å². The van der Waals surface area contributed by atoms with E-state index in [0.29, 0.717) is 24.8 Å². The first-order valence-corrected chi connectivity index (χ1v) is 15.0. The van der Waals surface area contributed by atoms with Crippen molar-refractivity contribution < 1.29 is 14.7 Å². The topological polar surface area (TPSA) is 92.4 Å². The minimum Gasteiger partial charge on any atom is -0.393 e. The lowest BCUT2D eigenvalue weighted by atomic mass is 9.33. The Bertz CT molecular complexity index is 1020. The lowest BCUT2D eigenvalue weighted by Gasteiger charge is -2.70. The van der Waals surface area contributed by atoms with E-state index < -0.39 is 5.41 Å². The molecule has 0 aromatic carbocycles. The van der Waals surface area contributed by atoms with Crippen LogP contribution < -0.4 is 11.1 Å². The van der Waals surface area contributed by atoms with Gasteiger partial charge >= 0.3 is 0 Å². The van der Waals surface area contributed by atoms with Crippen molar-refractivity contribution >= 4 is 11.7 Å². The lowest BCUT2D eigenvalue weighted by Crippen LogP contribution is -2.66. The van der Waals surface area contributed by atoms with Crippen LogP contribution in [0.1, 0.15) is 106 Å². The van der Waals surface area contributed by atoms with E-state index in [4.69, 9.17) is 5.73 Å². The molecule has 0 spiro atoms. The minimum atomic E-state index is -0.424. The summed E-state index contributed by atoms with van der Waals surface area (Å²) in [5.41, 5.74) is 6.32. The van der Waals surface area contributed by atoms with Crippen molar-refractivity contribution in [2.75, 3.05) is 13.1 Å². The van der Waals surface area contributed by atoms with Gasteiger partial charge in [-0.05, 0) is 103 Å². The zero-order valence-corrected chi connectivity index (χ0v) is 24.5. The fourth-order valence-corrected chi connectivity index (χ4v) is 10.8. The molecule has 0 aliphatic heterocycles. The van der Waals surface area contributed by atoms with Gasteiger partial charge in [0.05, 0.1) is 6.10 Å². The maximum atomic E-state index is 14.4. The van der Waals surface area contributed by atoms with Crippen LogP contribution in [0, 0.1) is 50.2 Å². The third kappa shape index (κ3) is 3.54. The van der Waals surface area contributed by atoms with Gasteiger partial charge in [0.15, 0.2) is 5.78 Å². The first kappa shape index (κ1) is 27.4. The van der Waals surface area contributed by atoms with E-state index in [1.807, 2.05) is 0 Å². The summed E-state index contributed by atoms with van der Waals surface area (Å²) in [6.45, 7) is 17.2. The number of ketones is 1. The van der Waals surface area contributed by atoms with E-state index >= 15 is 0 Å². The van der Waals surface area contributed by atoms with Gasteiger partial charge in [-0.25, -0.2) is 0 Å². The Morgan fingerprint density at radius 2 is 1.68 bits per heavy atom. The zero-order valence-electron chi connectivity index (χ0n) is 24.5. The highest BCUT2D eigenvalue weighted by Gasteiger charge is 2.70. The number of amides is 1. The molecule has 4 saturated carbocycles. The van der Waals surface area contributed by atoms with E-state index in [-0.39, 0.29) is 50.9 Å². The van der Waals surface area contributed by atoms with Gasteiger partial charge < -0.3 is 16.2 Å². The largest absolute Gasteiger partial charge is 0.393 e. The highest BCUT2D eigenvalue weighted by Crippen LogP contribution is 2.75. The van der Waals surface area contributed by atoms with Gasteiger partial charge in [-0.2, -0.15) is 0 Å². The highest BCUT2D eigenvalue weighted by molar-refractivity contribution is 5.95. The maximum absolute atomic E-state index is 14.4. The minimum absolute atomic E-state index is 0.00791. The van der Waals surface area contributed by atoms with Crippen LogP contribution in [0.15, 0.2) is 11.6 Å². The summed E-state index contributed by atoms with van der Waals surface area (Å²) < 4.78 is 0. The lowest BCUT2D eigenvalue weighted by molar-refractivity contribution is -0.202. The van der Waals surface area contributed by atoms with Crippen LogP contribution in [-0.2, 0) is 9.59 Å². The van der Waals surface area contributed by atoms with Crippen molar-refractivity contribution in [2.45, 2.75) is 112 Å². The number of aliphatic hydroxyl groups is 1. The number of allylic oxidation sites excluding steroid dienone is 2. The molecule has 5 nitrogen and oxygen atoms in total. The van der Waals surface area contributed by atoms with Gasteiger partial charge in [0, 0.05) is 24.4 Å². The number of hydrogen-bond donors (Lipinski definition) is 3. The normalized spacial score (nSPS) is 50.6. The Labute approximate surface area is 224 Å². The second kappa shape index (κ2) is 8.40. The quantitative estimate of drug-likeness (QED) is 0.472. The van der Waals surface area contributed by atoms with E-state index in [0.717, 1.165) is 57.8 Å². The van der Waals surface area contributed by atoms with Gasteiger partial charge in [-0.15, -0.1) is 0 Å². The van der Waals surface area contributed by atoms with Crippen LogP contribution in [0.4, 0.5) is 0 Å². The van der Waals surface area contributed by atoms with Crippen LogP contribution in [0.25, 0.3) is 0 Å². The molecule has 9 atom stereocenters. The number of carbonyl (C=O) groups is 2. The van der Waals surface area contributed by atoms with E-state index in [1.165, 1.54) is 5.57 Å². The molecule has 0 saturated heterocycles. The fourth-order valence-electron chi connectivity index (χ4n) is 10.8. The van der Waals surface area contributed by atoms with Gasteiger partial charge in [0.25, 0.3) is 0 Å². The van der Waals surface area contributed by atoms with E-state index in [9.17, 15) is 14.7 Å². The molecule has 1 unspecified atom stereocenters. The fraction of sp³-hybridized carbons (Fsp3) is 0.875. The summed E-state index contributed by atoms with van der Waals surface area (Å²) >= 11 is 0. The molecule has 1 amide bonds. The summed E-state index contributed by atoms with van der Waals surface area (Å²) in [7, 11) is 0. The number of carbonyl (C=O) groups excluding carboxylic acids is 2. The predicted molar refractivity (Wildman–Crippen MR) is 147 cm³/mol. The molecule has 0 bridgehead atoms. The second-order valence-electron chi connectivity index (χ2n) is 15.7. The molecule has 5 aliphatic rings. The van der Waals surface area contributed by atoms with Crippen LogP contribution in [0.2, 0.25) is 0 Å². The third-order valence-corrected chi connectivity index (χ3v) is 13.5. The number of aliphatic hydroxyl groups excluding tert-OH is 1. The van der Waals surface area contributed by atoms with Crippen molar-refractivity contribution in [1.82, 2.24) is 5.32 Å². The number of hydrogen-bond acceptors (Lipinski definition) is 4. The van der Waals surface area contributed by atoms with Crippen molar-refractivity contribution in [3.05, 3.63) is 11.6 Å². The summed E-state index contributed by atoms with van der Waals surface area (Å²) in [5, 5.41) is 14.0. The highest BCUT2D eigenvalue weighted by atomic mass is 16.3. The van der Waals surface area contributed by atoms with E-state index in [2.05, 4.69) is 59.9 Å². The number of fused-ring (bicyclic) bond motifs is 7. The molecule has 0 aromatic rings. The summed E-state index contributed by atoms with van der Waals surface area (Å²) in [6, 6.07) is 0. The van der Waals surface area contributed by atoms with Crippen LogP contribution >= 0.6 is 0 Å². The van der Waals surface area contributed by atoms with Gasteiger partial charge in [-0.1, -0.05) is 54.0 Å². The molecule has 37 heavy (non-hydrogen) atoms. The molecule has 5 heteroatoms. The Morgan fingerprint density at radius 3 is 2.35 bits per heavy atom. The SMILES string of the molecule is CC1(C)C2CC[C@]3(C)[C@H](C(=O)C=C4[C@H]5C[C@@](C)(C(=O)NCCN)CC[C@]5(C)CC[C@]43C)[C@@]2(C)CC[C@@H]1O.